The maximum absolute atomic E-state index is 5.46. The SMILES string of the molecule is COc1ccc(Br)cc1-c1coc(CCN)n1. The summed E-state index contributed by atoms with van der Waals surface area (Å²) in [4.78, 5) is 4.37. The normalized spacial score (nSPS) is 10.5. The minimum Gasteiger partial charge on any atom is -0.496 e. The van der Waals surface area contributed by atoms with E-state index in [0.29, 0.717) is 18.9 Å². The lowest BCUT2D eigenvalue weighted by molar-refractivity contribution is 0.416. The number of benzene rings is 1. The summed E-state index contributed by atoms with van der Waals surface area (Å²) in [5.41, 5.74) is 7.11. The number of rotatable bonds is 4. The number of nitrogens with zero attached hydrogens (tertiary/aromatic N) is 1. The van der Waals surface area contributed by atoms with Crippen LogP contribution in [0, 0.1) is 0 Å². The van der Waals surface area contributed by atoms with E-state index in [1.165, 1.54) is 0 Å². The van der Waals surface area contributed by atoms with Gasteiger partial charge in [-0.25, -0.2) is 4.98 Å². The van der Waals surface area contributed by atoms with Crippen molar-refractivity contribution in [1.82, 2.24) is 4.98 Å². The lowest BCUT2D eigenvalue weighted by Crippen LogP contribution is -2.02. The lowest BCUT2D eigenvalue weighted by atomic mass is 10.1. The fourth-order valence-electron chi connectivity index (χ4n) is 1.55. The van der Waals surface area contributed by atoms with E-state index in [0.717, 1.165) is 21.5 Å². The van der Waals surface area contributed by atoms with Gasteiger partial charge in [0.2, 0.25) is 0 Å². The average molecular weight is 297 g/mol. The highest BCUT2D eigenvalue weighted by Gasteiger charge is 2.11. The molecule has 0 aliphatic carbocycles. The quantitative estimate of drug-likeness (QED) is 0.942. The van der Waals surface area contributed by atoms with Crippen molar-refractivity contribution in [2.24, 2.45) is 5.73 Å². The Balaban J connectivity index is 2.40. The summed E-state index contributed by atoms with van der Waals surface area (Å²) in [6.07, 6.45) is 2.26. The van der Waals surface area contributed by atoms with Crippen molar-refractivity contribution in [2.75, 3.05) is 13.7 Å². The van der Waals surface area contributed by atoms with Crippen LogP contribution in [0.1, 0.15) is 5.89 Å². The fourth-order valence-corrected chi connectivity index (χ4v) is 1.91. The molecule has 0 amide bonds. The molecule has 0 saturated heterocycles. The molecule has 1 heterocycles. The van der Waals surface area contributed by atoms with Gasteiger partial charge < -0.3 is 14.9 Å². The number of hydrogen-bond donors (Lipinski definition) is 1. The number of ether oxygens (including phenoxy) is 1. The summed E-state index contributed by atoms with van der Waals surface area (Å²) < 4.78 is 11.6. The van der Waals surface area contributed by atoms with Gasteiger partial charge in [-0.1, -0.05) is 15.9 Å². The van der Waals surface area contributed by atoms with Crippen LogP contribution in [0.3, 0.4) is 0 Å². The molecular weight excluding hydrogens is 284 g/mol. The molecule has 17 heavy (non-hydrogen) atoms. The summed E-state index contributed by atoms with van der Waals surface area (Å²) in [7, 11) is 1.63. The van der Waals surface area contributed by atoms with Crippen LogP contribution < -0.4 is 10.5 Å². The Labute approximate surface area is 108 Å². The molecule has 0 radical (unpaired) electrons. The number of aromatic nitrogens is 1. The van der Waals surface area contributed by atoms with E-state index < -0.39 is 0 Å². The molecule has 0 fully saturated rings. The summed E-state index contributed by atoms with van der Waals surface area (Å²) in [5, 5.41) is 0. The van der Waals surface area contributed by atoms with Crippen LogP contribution >= 0.6 is 15.9 Å². The first-order chi connectivity index (χ1) is 8.24. The summed E-state index contributed by atoms with van der Waals surface area (Å²) >= 11 is 3.43. The Hall–Kier alpha value is -1.33. The molecule has 0 aliphatic rings. The third kappa shape index (κ3) is 2.68. The molecule has 0 saturated carbocycles. The molecular formula is C12H13BrN2O2. The Morgan fingerprint density at radius 1 is 1.47 bits per heavy atom. The summed E-state index contributed by atoms with van der Waals surface area (Å²) in [6, 6.07) is 5.75. The van der Waals surface area contributed by atoms with Crippen molar-refractivity contribution in [3.05, 3.63) is 34.8 Å². The van der Waals surface area contributed by atoms with Gasteiger partial charge >= 0.3 is 0 Å². The molecule has 0 aliphatic heterocycles. The van der Waals surface area contributed by atoms with Gasteiger partial charge in [0, 0.05) is 23.0 Å². The van der Waals surface area contributed by atoms with Gasteiger partial charge in [0.15, 0.2) is 5.89 Å². The van der Waals surface area contributed by atoms with E-state index in [-0.39, 0.29) is 0 Å². The second-order valence-corrected chi connectivity index (χ2v) is 4.43. The number of methoxy groups -OCH3 is 1. The van der Waals surface area contributed by atoms with E-state index in [1.54, 1.807) is 13.4 Å². The van der Waals surface area contributed by atoms with Crippen molar-refractivity contribution in [3.63, 3.8) is 0 Å². The van der Waals surface area contributed by atoms with E-state index in [1.807, 2.05) is 18.2 Å². The summed E-state index contributed by atoms with van der Waals surface area (Å²) in [6.45, 7) is 0.523. The van der Waals surface area contributed by atoms with Gasteiger partial charge in [-0.2, -0.15) is 0 Å². The molecule has 1 aromatic carbocycles. The van der Waals surface area contributed by atoms with Crippen molar-refractivity contribution < 1.29 is 9.15 Å². The third-order valence-electron chi connectivity index (χ3n) is 2.35. The Morgan fingerprint density at radius 2 is 2.29 bits per heavy atom. The van der Waals surface area contributed by atoms with Crippen LogP contribution in [0.4, 0.5) is 0 Å². The summed E-state index contributed by atoms with van der Waals surface area (Å²) in [5.74, 6) is 1.41. The highest BCUT2D eigenvalue weighted by molar-refractivity contribution is 9.10. The molecule has 2 aromatic rings. The van der Waals surface area contributed by atoms with Gasteiger partial charge in [0.25, 0.3) is 0 Å². The van der Waals surface area contributed by atoms with E-state index >= 15 is 0 Å². The first-order valence-corrected chi connectivity index (χ1v) is 6.02. The number of hydrogen-bond acceptors (Lipinski definition) is 4. The average Bonchev–Trinajstić information content (AvgIpc) is 2.78. The highest BCUT2D eigenvalue weighted by Crippen LogP contribution is 2.31. The minimum atomic E-state index is 0.523. The first kappa shape index (κ1) is 12.1. The van der Waals surface area contributed by atoms with Crippen molar-refractivity contribution in [2.45, 2.75) is 6.42 Å². The zero-order valence-electron chi connectivity index (χ0n) is 9.44. The first-order valence-electron chi connectivity index (χ1n) is 5.23. The Kier molecular flexibility index (Phi) is 3.81. The van der Waals surface area contributed by atoms with Crippen LogP contribution in [0.15, 0.2) is 33.4 Å². The zero-order valence-corrected chi connectivity index (χ0v) is 11.0. The van der Waals surface area contributed by atoms with Gasteiger partial charge in [0.05, 0.1) is 7.11 Å². The number of nitrogens with two attached hydrogens (primary N) is 1. The largest absolute Gasteiger partial charge is 0.496 e. The van der Waals surface area contributed by atoms with Crippen LogP contribution in [-0.2, 0) is 6.42 Å². The number of oxazole rings is 1. The van der Waals surface area contributed by atoms with Crippen LogP contribution in [0.2, 0.25) is 0 Å². The third-order valence-corrected chi connectivity index (χ3v) is 2.84. The Morgan fingerprint density at radius 3 is 3.00 bits per heavy atom. The van der Waals surface area contributed by atoms with Gasteiger partial charge in [-0.15, -0.1) is 0 Å². The molecule has 5 heteroatoms. The molecule has 0 bridgehead atoms. The molecule has 0 spiro atoms. The fraction of sp³-hybridized carbons (Fsp3) is 0.250. The monoisotopic (exact) mass is 296 g/mol. The molecule has 1 aromatic heterocycles. The maximum atomic E-state index is 5.46. The van der Waals surface area contributed by atoms with Crippen LogP contribution in [0.5, 0.6) is 5.75 Å². The molecule has 4 nitrogen and oxygen atoms in total. The van der Waals surface area contributed by atoms with Gasteiger partial charge in [-0.3, -0.25) is 0 Å². The van der Waals surface area contributed by atoms with Crippen LogP contribution in [0.25, 0.3) is 11.3 Å². The number of halogens is 1. The Bertz CT molecular complexity index is 511. The molecule has 0 atom stereocenters. The molecule has 2 N–H and O–H groups in total. The predicted octanol–water partition coefficient (Wildman–Crippen LogP) is 2.61. The van der Waals surface area contributed by atoms with Crippen LogP contribution in [-0.4, -0.2) is 18.6 Å². The van der Waals surface area contributed by atoms with E-state index in [2.05, 4.69) is 20.9 Å². The van der Waals surface area contributed by atoms with Crippen molar-refractivity contribution in [3.8, 4) is 17.0 Å². The molecule has 2 rings (SSSR count). The van der Waals surface area contributed by atoms with Crippen molar-refractivity contribution in [1.29, 1.82) is 0 Å². The second-order valence-electron chi connectivity index (χ2n) is 3.51. The smallest absolute Gasteiger partial charge is 0.195 e. The standard InChI is InChI=1S/C12H13BrN2O2/c1-16-11-3-2-8(13)6-9(11)10-7-17-12(15-10)4-5-14/h2-3,6-7H,4-5,14H2,1H3. The predicted molar refractivity (Wildman–Crippen MR) is 68.9 cm³/mol. The van der Waals surface area contributed by atoms with E-state index in [4.69, 9.17) is 14.9 Å². The van der Waals surface area contributed by atoms with Gasteiger partial charge in [-0.05, 0) is 18.2 Å². The topological polar surface area (TPSA) is 61.3 Å². The van der Waals surface area contributed by atoms with E-state index in [9.17, 15) is 0 Å². The van der Waals surface area contributed by atoms with Gasteiger partial charge in [0.1, 0.15) is 17.7 Å². The minimum absolute atomic E-state index is 0.523. The highest BCUT2D eigenvalue weighted by atomic mass is 79.9. The zero-order chi connectivity index (χ0) is 12.3. The van der Waals surface area contributed by atoms with Crippen molar-refractivity contribution >= 4 is 15.9 Å². The molecule has 0 unspecified atom stereocenters. The second kappa shape index (κ2) is 5.33. The lowest BCUT2D eigenvalue weighted by Gasteiger charge is -2.05. The maximum Gasteiger partial charge on any atom is 0.195 e. The molecule has 90 valence electrons.